The minimum atomic E-state index is -3.63. The predicted octanol–water partition coefficient (Wildman–Crippen LogP) is 3.62. The average molecular weight is 439 g/mol. The molecule has 1 aromatic carbocycles. The van der Waals surface area contributed by atoms with Gasteiger partial charge in [-0.05, 0) is 36.6 Å². The van der Waals surface area contributed by atoms with Gasteiger partial charge < -0.3 is 9.67 Å². The van der Waals surface area contributed by atoms with Crippen molar-refractivity contribution < 1.29 is 18.3 Å². The number of halogens is 1. The number of rotatable bonds is 5. The number of nitrogens with zero attached hydrogens (tertiary/aromatic N) is 2. The number of carbonyl (C=O) groups is 1. The van der Waals surface area contributed by atoms with Crippen LogP contribution in [0.4, 0.5) is 0 Å². The topological polar surface area (TPSA) is 79.6 Å². The first-order valence-electron chi connectivity index (χ1n) is 8.83. The molecule has 0 amide bonds. The van der Waals surface area contributed by atoms with E-state index >= 15 is 0 Å². The lowest BCUT2D eigenvalue weighted by Crippen LogP contribution is -2.42. The second-order valence-electron chi connectivity index (χ2n) is 6.90. The van der Waals surface area contributed by atoms with E-state index in [-0.39, 0.29) is 16.7 Å². The molecule has 28 heavy (non-hydrogen) atoms. The molecule has 4 rings (SSSR count). The van der Waals surface area contributed by atoms with Crippen molar-refractivity contribution in [2.45, 2.75) is 36.1 Å². The molecule has 9 heteroatoms. The fourth-order valence-electron chi connectivity index (χ4n) is 3.95. The summed E-state index contributed by atoms with van der Waals surface area (Å²) >= 11 is 6.97. The molecule has 1 aliphatic rings. The zero-order valence-corrected chi connectivity index (χ0v) is 17.5. The summed E-state index contributed by atoms with van der Waals surface area (Å²) < 4.78 is 30.1. The van der Waals surface area contributed by atoms with E-state index in [0.29, 0.717) is 23.7 Å². The molecule has 6 nitrogen and oxygen atoms in total. The number of aromatic nitrogens is 1. The molecule has 3 aromatic rings. The van der Waals surface area contributed by atoms with Gasteiger partial charge in [0.1, 0.15) is 4.21 Å². The fourth-order valence-corrected chi connectivity index (χ4v) is 6.99. The summed E-state index contributed by atoms with van der Waals surface area (Å²) in [5, 5.41) is 10.2. The fraction of sp³-hybridized carbons (Fsp3) is 0.316. The van der Waals surface area contributed by atoms with Crippen LogP contribution < -0.4 is 0 Å². The van der Waals surface area contributed by atoms with Crippen LogP contribution in [0.15, 0.2) is 40.6 Å². The highest BCUT2D eigenvalue weighted by Gasteiger charge is 2.33. The Morgan fingerprint density at radius 1 is 1.32 bits per heavy atom. The van der Waals surface area contributed by atoms with Gasteiger partial charge in [0.05, 0.1) is 10.8 Å². The van der Waals surface area contributed by atoms with Crippen molar-refractivity contribution in [3.8, 4) is 0 Å². The first kappa shape index (κ1) is 19.4. The number of carboxylic acids is 1. The summed E-state index contributed by atoms with van der Waals surface area (Å²) in [5.41, 5.74) is 2.77. The Hall–Kier alpha value is -1.87. The van der Waals surface area contributed by atoms with Gasteiger partial charge in [-0.1, -0.05) is 29.8 Å². The summed E-state index contributed by atoms with van der Waals surface area (Å²) in [4.78, 5) is 11.4. The number of benzene rings is 1. The molecular formula is C19H19ClN2O4S2. The van der Waals surface area contributed by atoms with Crippen LogP contribution in [0, 0.1) is 0 Å². The first-order valence-corrected chi connectivity index (χ1v) is 11.5. The summed E-state index contributed by atoms with van der Waals surface area (Å²) in [6, 6.07) is 10.6. The van der Waals surface area contributed by atoms with Crippen LogP contribution in [0.25, 0.3) is 10.9 Å². The number of aliphatic carboxylic acids is 1. The van der Waals surface area contributed by atoms with E-state index < -0.39 is 16.0 Å². The van der Waals surface area contributed by atoms with Gasteiger partial charge in [0.25, 0.3) is 10.0 Å². The molecule has 0 fully saturated rings. The van der Waals surface area contributed by atoms with E-state index in [1.54, 1.807) is 13.1 Å². The van der Waals surface area contributed by atoms with E-state index in [4.69, 9.17) is 11.6 Å². The minimum Gasteiger partial charge on any atom is -0.481 e. The summed E-state index contributed by atoms with van der Waals surface area (Å²) in [6.45, 7) is 0.490. The maximum atomic E-state index is 13.0. The lowest BCUT2D eigenvalue weighted by Gasteiger charge is -2.32. The maximum Gasteiger partial charge on any atom is 0.307 e. The Balaban J connectivity index is 1.71. The lowest BCUT2D eigenvalue weighted by atomic mass is 10.0. The van der Waals surface area contributed by atoms with Crippen LogP contribution in [0.2, 0.25) is 4.34 Å². The molecule has 1 atom stereocenters. The molecule has 2 aromatic heterocycles. The van der Waals surface area contributed by atoms with Crippen molar-refractivity contribution in [1.29, 1.82) is 0 Å². The Morgan fingerprint density at radius 3 is 2.75 bits per heavy atom. The summed E-state index contributed by atoms with van der Waals surface area (Å²) in [5.74, 6) is -0.865. The predicted molar refractivity (Wildman–Crippen MR) is 110 cm³/mol. The highest BCUT2D eigenvalue weighted by molar-refractivity contribution is 7.91. The van der Waals surface area contributed by atoms with Gasteiger partial charge in [0.15, 0.2) is 0 Å². The summed E-state index contributed by atoms with van der Waals surface area (Å²) in [7, 11) is -2.03. The van der Waals surface area contributed by atoms with Crippen LogP contribution in [-0.4, -0.2) is 41.5 Å². The smallest absolute Gasteiger partial charge is 0.307 e. The molecule has 1 aliphatic heterocycles. The van der Waals surface area contributed by atoms with E-state index in [1.165, 1.54) is 10.4 Å². The number of para-hydroxylation sites is 1. The second kappa shape index (κ2) is 7.18. The van der Waals surface area contributed by atoms with Gasteiger partial charge in [-0.25, -0.2) is 8.42 Å². The molecule has 0 saturated heterocycles. The van der Waals surface area contributed by atoms with Crippen molar-refractivity contribution in [3.63, 3.8) is 0 Å². The molecule has 0 spiro atoms. The second-order valence-corrected chi connectivity index (χ2v) is 10.8. The van der Waals surface area contributed by atoms with Crippen LogP contribution in [0.3, 0.4) is 0 Å². The van der Waals surface area contributed by atoms with E-state index in [1.807, 2.05) is 24.3 Å². The largest absolute Gasteiger partial charge is 0.481 e. The van der Waals surface area contributed by atoms with Crippen molar-refractivity contribution in [2.24, 2.45) is 0 Å². The molecule has 148 valence electrons. The Morgan fingerprint density at radius 2 is 2.07 bits per heavy atom. The zero-order valence-electron chi connectivity index (χ0n) is 15.1. The number of fused-ring (bicyclic) bond motifs is 3. The van der Waals surface area contributed by atoms with Gasteiger partial charge in [0, 0.05) is 36.2 Å². The zero-order chi connectivity index (χ0) is 20.1. The van der Waals surface area contributed by atoms with Crippen molar-refractivity contribution in [3.05, 3.63) is 52.0 Å². The third kappa shape index (κ3) is 3.24. The van der Waals surface area contributed by atoms with Gasteiger partial charge in [-0.2, -0.15) is 4.31 Å². The SMILES string of the molecule is CN([C@@H]1CCc2c(CC(=O)O)c3ccccc3n2C1)S(=O)(=O)c1ccc(Cl)s1. The average Bonchev–Trinajstić information content (AvgIpc) is 3.23. The lowest BCUT2D eigenvalue weighted by molar-refractivity contribution is -0.136. The number of hydrogen-bond acceptors (Lipinski definition) is 4. The van der Waals surface area contributed by atoms with E-state index in [2.05, 4.69) is 4.57 Å². The van der Waals surface area contributed by atoms with E-state index in [9.17, 15) is 18.3 Å². The van der Waals surface area contributed by atoms with Crippen LogP contribution >= 0.6 is 22.9 Å². The number of sulfonamides is 1. The number of carboxylic acid groups (broad SMARTS) is 1. The van der Waals surface area contributed by atoms with Crippen LogP contribution in [0.1, 0.15) is 17.7 Å². The minimum absolute atomic E-state index is 0.0324. The van der Waals surface area contributed by atoms with Crippen molar-refractivity contribution in [1.82, 2.24) is 8.87 Å². The van der Waals surface area contributed by atoms with Gasteiger partial charge >= 0.3 is 5.97 Å². The normalized spacial score (nSPS) is 17.2. The maximum absolute atomic E-state index is 13.0. The van der Waals surface area contributed by atoms with Crippen molar-refractivity contribution in [2.75, 3.05) is 7.05 Å². The summed E-state index contributed by atoms with van der Waals surface area (Å²) in [6.07, 6.45) is 1.24. The highest BCUT2D eigenvalue weighted by Crippen LogP contribution is 2.34. The third-order valence-electron chi connectivity index (χ3n) is 5.33. The molecule has 1 N–H and O–H groups in total. The third-order valence-corrected chi connectivity index (χ3v) is 8.93. The molecule has 0 aliphatic carbocycles. The standard InChI is InChI=1S/C19H19ClN2O4S2/c1-21(28(25,26)19-9-8-17(20)27-19)12-6-7-16-14(10-18(23)24)13-4-2-3-5-15(13)22(16)11-12/h2-5,8-9,12H,6-7,10-11H2,1H3,(H,23,24)/t12-/m1/s1. The van der Waals surface area contributed by atoms with Crippen molar-refractivity contribution >= 4 is 49.8 Å². The molecule has 3 heterocycles. The first-order chi connectivity index (χ1) is 13.3. The Labute approximate surface area is 172 Å². The quantitative estimate of drug-likeness (QED) is 0.659. The highest BCUT2D eigenvalue weighted by atomic mass is 35.5. The monoisotopic (exact) mass is 438 g/mol. The molecule has 0 bridgehead atoms. The van der Waals surface area contributed by atoms with Gasteiger partial charge in [-0.3, -0.25) is 4.79 Å². The molecular weight excluding hydrogens is 420 g/mol. The number of likely N-dealkylation sites (N-methyl/N-ethyl adjacent to an activating group) is 1. The molecule has 0 unspecified atom stereocenters. The van der Waals surface area contributed by atoms with Gasteiger partial charge in [0.2, 0.25) is 0 Å². The molecule has 0 saturated carbocycles. The van der Waals surface area contributed by atoms with Crippen LogP contribution in [0.5, 0.6) is 0 Å². The Kier molecular flexibility index (Phi) is 4.99. The van der Waals surface area contributed by atoms with Gasteiger partial charge in [-0.15, -0.1) is 11.3 Å². The molecule has 0 radical (unpaired) electrons. The van der Waals surface area contributed by atoms with Crippen LogP contribution in [-0.2, 0) is 34.2 Å². The number of hydrogen-bond donors (Lipinski definition) is 1. The Bertz CT molecular complexity index is 1170. The number of thiophene rings is 1. The van der Waals surface area contributed by atoms with E-state index in [0.717, 1.165) is 33.5 Å².